The van der Waals surface area contributed by atoms with Crippen molar-refractivity contribution in [3.05, 3.63) is 36.4 Å². The van der Waals surface area contributed by atoms with Gasteiger partial charge < -0.3 is 25.5 Å². The van der Waals surface area contributed by atoms with Crippen molar-refractivity contribution in [3.8, 4) is 0 Å². The maximum atomic E-state index is 11.6. The molecule has 22 heavy (non-hydrogen) atoms. The Morgan fingerprint density at radius 1 is 1.18 bits per heavy atom. The van der Waals surface area contributed by atoms with Gasteiger partial charge in [-0.1, -0.05) is 6.58 Å². The highest BCUT2D eigenvalue weighted by molar-refractivity contribution is 7.60. The van der Waals surface area contributed by atoms with E-state index in [2.05, 4.69) is 17.2 Å². The van der Waals surface area contributed by atoms with E-state index in [1.54, 1.807) is 0 Å². The number of aliphatic carboxylic acids is 1. The summed E-state index contributed by atoms with van der Waals surface area (Å²) in [5, 5.41) is 13.5. The molecule has 1 aromatic carbocycles. The first-order valence-electron chi connectivity index (χ1n) is 6.32. The predicted molar refractivity (Wildman–Crippen MR) is 81.2 cm³/mol. The molecule has 0 aliphatic carbocycles. The SMILES string of the molecule is C=C(CCCNC(=O)Nc1ccc(P(=O)(O)O)cc1)C(=O)O. The summed E-state index contributed by atoms with van der Waals surface area (Å²) in [6, 6.07) is 4.71. The van der Waals surface area contributed by atoms with Gasteiger partial charge in [0.15, 0.2) is 0 Å². The van der Waals surface area contributed by atoms with Crippen LogP contribution in [0.15, 0.2) is 36.4 Å². The van der Waals surface area contributed by atoms with E-state index < -0.39 is 19.6 Å². The van der Waals surface area contributed by atoms with E-state index in [1.807, 2.05) is 0 Å². The topological polar surface area (TPSA) is 136 Å². The molecule has 0 saturated heterocycles. The van der Waals surface area contributed by atoms with Crippen LogP contribution in [-0.2, 0) is 9.36 Å². The molecular formula is C13H17N2O6P. The fourth-order valence-electron chi connectivity index (χ4n) is 1.52. The number of carboxylic acid groups (broad SMARTS) is 1. The van der Waals surface area contributed by atoms with E-state index in [0.717, 1.165) is 0 Å². The van der Waals surface area contributed by atoms with Gasteiger partial charge in [0, 0.05) is 17.8 Å². The Balaban J connectivity index is 2.38. The van der Waals surface area contributed by atoms with Gasteiger partial charge in [-0.25, -0.2) is 9.59 Å². The number of benzene rings is 1. The van der Waals surface area contributed by atoms with E-state index in [4.69, 9.17) is 14.9 Å². The number of urea groups is 1. The molecule has 5 N–H and O–H groups in total. The zero-order valence-corrected chi connectivity index (χ0v) is 12.5. The van der Waals surface area contributed by atoms with E-state index in [-0.39, 0.29) is 23.8 Å². The van der Waals surface area contributed by atoms with Crippen molar-refractivity contribution >= 4 is 30.6 Å². The molecule has 0 aliphatic rings. The minimum Gasteiger partial charge on any atom is -0.478 e. The van der Waals surface area contributed by atoms with E-state index in [0.29, 0.717) is 12.1 Å². The Morgan fingerprint density at radius 2 is 1.77 bits per heavy atom. The molecule has 0 atom stereocenters. The van der Waals surface area contributed by atoms with Gasteiger partial charge in [0.05, 0.1) is 5.30 Å². The minimum absolute atomic E-state index is 0.0789. The summed E-state index contributed by atoms with van der Waals surface area (Å²) in [7, 11) is -4.30. The van der Waals surface area contributed by atoms with Crippen molar-refractivity contribution in [2.24, 2.45) is 0 Å². The van der Waals surface area contributed by atoms with Crippen LogP contribution in [0.5, 0.6) is 0 Å². The van der Waals surface area contributed by atoms with Crippen LogP contribution in [0.25, 0.3) is 0 Å². The maximum absolute atomic E-state index is 11.6. The molecule has 120 valence electrons. The van der Waals surface area contributed by atoms with Gasteiger partial charge in [-0.3, -0.25) is 4.57 Å². The smallest absolute Gasteiger partial charge is 0.356 e. The van der Waals surface area contributed by atoms with Crippen LogP contribution in [0.2, 0.25) is 0 Å². The molecule has 1 rings (SSSR count). The fourth-order valence-corrected chi connectivity index (χ4v) is 2.06. The van der Waals surface area contributed by atoms with Crippen LogP contribution < -0.4 is 15.9 Å². The van der Waals surface area contributed by atoms with Crippen molar-refractivity contribution in [2.75, 3.05) is 11.9 Å². The fraction of sp³-hybridized carbons (Fsp3) is 0.231. The van der Waals surface area contributed by atoms with E-state index in [9.17, 15) is 14.2 Å². The summed E-state index contributed by atoms with van der Waals surface area (Å²) < 4.78 is 11.0. The standard InChI is InChI=1S/C13H17N2O6P/c1-9(12(16)17)3-2-8-14-13(18)15-10-4-6-11(7-5-10)22(19,20)21/h4-7H,1-3,8H2,(H,16,17)(H2,14,15,18)(H2,19,20,21). The molecule has 0 radical (unpaired) electrons. The van der Waals surface area contributed by atoms with Crippen LogP contribution in [0.3, 0.4) is 0 Å². The molecule has 0 bridgehead atoms. The van der Waals surface area contributed by atoms with Gasteiger partial charge in [-0.05, 0) is 37.1 Å². The minimum atomic E-state index is -4.30. The number of anilines is 1. The summed E-state index contributed by atoms with van der Waals surface area (Å²) in [5.74, 6) is -1.06. The average Bonchev–Trinajstić information content (AvgIpc) is 2.42. The number of carboxylic acids is 1. The highest BCUT2D eigenvalue weighted by Crippen LogP contribution is 2.33. The van der Waals surface area contributed by atoms with Gasteiger partial charge in [-0.2, -0.15) is 0 Å². The summed E-state index contributed by atoms with van der Waals surface area (Å²) in [4.78, 5) is 40.0. The Morgan fingerprint density at radius 3 is 2.27 bits per heavy atom. The van der Waals surface area contributed by atoms with E-state index >= 15 is 0 Å². The lowest BCUT2D eigenvalue weighted by Gasteiger charge is -2.09. The Hall–Kier alpha value is -2.15. The summed E-state index contributed by atoms with van der Waals surface area (Å²) >= 11 is 0. The van der Waals surface area contributed by atoms with Crippen LogP contribution in [0.4, 0.5) is 10.5 Å². The predicted octanol–water partition coefficient (Wildman–Crippen LogP) is 1.03. The van der Waals surface area contributed by atoms with Crippen molar-refractivity contribution in [2.45, 2.75) is 12.8 Å². The molecule has 0 heterocycles. The molecule has 8 nitrogen and oxygen atoms in total. The third kappa shape index (κ3) is 6.09. The molecular weight excluding hydrogens is 311 g/mol. The van der Waals surface area contributed by atoms with Gasteiger partial charge in [0.2, 0.25) is 0 Å². The molecule has 0 fully saturated rings. The van der Waals surface area contributed by atoms with Gasteiger partial charge >= 0.3 is 19.6 Å². The molecule has 2 amide bonds. The van der Waals surface area contributed by atoms with Crippen molar-refractivity contribution in [1.29, 1.82) is 0 Å². The Kier molecular flexibility index (Phi) is 6.30. The van der Waals surface area contributed by atoms with Crippen molar-refractivity contribution < 1.29 is 29.0 Å². The lowest BCUT2D eigenvalue weighted by Crippen LogP contribution is -2.29. The van der Waals surface area contributed by atoms with Crippen LogP contribution in [0, 0.1) is 0 Å². The van der Waals surface area contributed by atoms with Crippen LogP contribution in [0.1, 0.15) is 12.8 Å². The number of hydrogen-bond acceptors (Lipinski definition) is 3. The van der Waals surface area contributed by atoms with Crippen LogP contribution >= 0.6 is 7.60 Å². The first-order valence-corrected chi connectivity index (χ1v) is 7.93. The molecule has 9 heteroatoms. The summed E-state index contributed by atoms with van der Waals surface area (Å²) in [5.41, 5.74) is 0.458. The highest BCUT2D eigenvalue weighted by Gasteiger charge is 2.16. The summed E-state index contributed by atoms with van der Waals surface area (Å²) in [6.45, 7) is 3.65. The van der Waals surface area contributed by atoms with Crippen molar-refractivity contribution in [3.63, 3.8) is 0 Å². The number of carbonyl (C=O) groups is 2. The third-order valence-corrected chi connectivity index (χ3v) is 3.68. The maximum Gasteiger partial charge on any atom is 0.356 e. The Bertz CT molecular complexity index is 607. The lowest BCUT2D eigenvalue weighted by atomic mass is 10.2. The molecule has 1 aromatic rings. The van der Waals surface area contributed by atoms with Crippen molar-refractivity contribution in [1.82, 2.24) is 5.32 Å². The third-order valence-electron chi connectivity index (χ3n) is 2.70. The van der Waals surface area contributed by atoms with Gasteiger partial charge in [0.1, 0.15) is 0 Å². The molecule has 0 aliphatic heterocycles. The lowest BCUT2D eigenvalue weighted by molar-refractivity contribution is -0.132. The Labute approximate surface area is 127 Å². The molecule has 0 saturated carbocycles. The second kappa shape index (κ2) is 7.74. The zero-order valence-electron chi connectivity index (χ0n) is 11.7. The number of amides is 2. The second-order valence-corrected chi connectivity index (χ2v) is 6.09. The first kappa shape index (κ1) is 17.9. The molecule has 0 spiro atoms. The second-order valence-electron chi connectivity index (χ2n) is 4.48. The van der Waals surface area contributed by atoms with Gasteiger partial charge in [-0.15, -0.1) is 0 Å². The molecule has 0 aromatic heterocycles. The largest absolute Gasteiger partial charge is 0.478 e. The molecule has 0 unspecified atom stereocenters. The average molecular weight is 328 g/mol. The van der Waals surface area contributed by atoms with Gasteiger partial charge in [0.25, 0.3) is 0 Å². The number of nitrogens with one attached hydrogen (secondary N) is 2. The number of rotatable bonds is 7. The monoisotopic (exact) mass is 328 g/mol. The normalized spacial score (nSPS) is 10.8. The summed E-state index contributed by atoms with van der Waals surface area (Å²) in [6.07, 6.45) is 0.711. The highest BCUT2D eigenvalue weighted by atomic mass is 31.2. The van der Waals surface area contributed by atoms with Crippen LogP contribution in [-0.4, -0.2) is 33.4 Å². The number of hydrogen-bond donors (Lipinski definition) is 5. The first-order chi connectivity index (χ1) is 10.2. The number of carbonyl (C=O) groups excluding carboxylic acids is 1. The quantitative estimate of drug-likeness (QED) is 0.288. The van der Waals surface area contributed by atoms with E-state index in [1.165, 1.54) is 24.3 Å². The zero-order chi connectivity index (χ0) is 16.8.